The Balaban J connectivity index is 1.40. The summed E-state index contributed by atoms with van der Waals surface area (Å²) in [6, 6.07) is 12.4. The summed E-state index contributed by atoms with van der Waals surface area (Å²) >= 11 is 6.03. The number of hydrogen-bond acceptors (Lipinski definition) is 5. The van der Waals surface area contributed by atoms with Gasteiger partial charge >= 0.3 is 0 Å². The molecule has 2 aliphatic rings. The summed E-state index contributed by atoms with van der Waals surface area (Å²) in [6.45, 7) is 9.52. The SMILES string of the molecule is COc1cc2c(cc1OC)C(CCN1CCN(c3ccc(Cl)cc3)CC1)OC(C)(C)C2. The molecular formula is C25H33ClN2O3. The zero-order valence-electron chi connectivity index (χ0n) is 19.0. The molecule has 0 amide bonds. The largest absolute Gasteiger partial charge is 0.493 e. The van der Waals surface area contributed by atoms with Crippen molar-refractivity contribution in [2.45, 2.75) is 38.4 Å². The molecule has 1 fully saturated rings. The number of ether oxygens (including phenoxy) is 3. The Morgan fingerprint density at radius 3 is 2.29 bits per heavy atom. The number of fused-ring (bicyclic) bond motifs is 1. The zero-order valence-corrected chi connectivity index (χ0v) is 19.7. The fourth-order valence-corrected chi connectivity index (χ4v) is 4.86. The van der Waals surface area contributed by atoms with E-state index in [0.717, 1.165) is 62.1 Å². The Morgan fingerprint density at radius 1 is 1.00 bits per heavy atom. The van der Waals surface area contributed by atoms with E-state index >= 15 is 0 Å². The number of rotatable bonds is 6. The number of benzene rings is 2. The van der Waals surface area contributed by atoms with E-state index in [0.29, 0.717) is 0 Å². The summed E-state index contributed by atoms with van der Waals surface area (Å²) in [6.07, 6.45) is 1.90. The minimum Gasteiger partial charge on any atom is -0.493 e. The van der Waals surface area contributed by atoms with Crippen molar-refractivity contribution in [3.8, 4) is 11.5 Å². The molecule has 1 saturated heterocycles. The van der Waals surface area contributed by atoms with Crippen LogP contribution >= 0.6 is 11.6 Å². The highest BCUT2D eigenvalue weighted by Gasteiger charge is 2.34. The van der Waals surface area contributed by atoms with Gasteiger partial charge in [0.1, 0.15) is 0 Å². The van der Waals surface area contributed by atoms with E-state index in [1.807, 2.05) is 12.1 Å². The second kappa shape index (κ2) is 9.27. The maximum atomic E-state index is 6.52. The molecule has 2 aromatic carbocycles. The van der Waals surface area contributed by atoms with Gasteiger partial charge in [-0.25, -0.2) is 0 Å². The van der Waals surface area contributed by atoms with Crippen molar-refractivity contribution < 1.29 is 14.2 Å². The molecule has 5 nitrogen and oxygen atoms in total. The summed E-state index contributed by atoms with van der Waals surface area (Å²) in [7, 11) is 3.38. The van der Waals surface area contributed by atoms with Crippen LogP contribution in [0.15, 0.2) is 36.4 Å². The van der Waals surface area contributed by atoms with Crippen molar-refractivity contribution in [3.63, 3.8) is 0 Å². The number of halogens is 1. The van der Waals surface area contributed by atoms with Crippen LogP contribution in [0.3, 0.4) is 0 Å². The number of methoxy groups -OCH3 is 2. The highest BCUT2D eigenvalue weighted by atomic mass is 35.5. The third-order valence-electron chi connectivity index (χ3n) is 6.34. The van der Waals surface area contributed by atoms with Gasteiger partial charge in [-0.3, -0.25) is 4.90 Å². The second-order valence-electron chi connectivity index (χ2n) is 9.04. The molecule has 4 rings (SSSR count). The number of anilines is 1. The number of nitrogens with zero attached hydrogens (tertiary/aromatic N) is 2. The van der Waals surface area contributed by atoms with Gasteiger partial charge in [-0.15, -0.1) is 0 Å². The van der Waals surface area contributed by atoms with E-state index in [1.54, 1.807) is 14.2 Å². The molecule has 1 atom stereocenters. The molecule has 0 radical (unpaired) electrons. The molecule has 0 aliphatic carbocycles. The topological polar surface area (TPSA) is 34.2 Å². The molecular weight excluding hydrogens is 412 g/mol. The van der Waals surface area contributed by atoms with E-state index in [2.05, 4.69) is 47.9 Å². The lowest BCUT2D eigenvalue weighted by Crippen LogP contribution is -2.47. The maximum absolute atomic E-state index is 6.52. The molecule has 0 aromatic heterocycles. The summed E-state index contributed by atoms with van der Waals surface area (Å²) in [4.78, 5) is 4.97. The van der Waals surface area contributed by atoms with E-state index in [1.165, 1.54) is 16.8 Å². The monoisotopic (exact) mass is 444 g/mol. The molecule has 0 spiro atoms. The van der Waals surface area contributed by atoms with E-state index in [4.69, 9.17) is 25.8 Å². The molecule has 31 heavy (non-hydrogen) atoms. The van der Waals surface area contributed by atoms with Crippen LogP contribution < -0.4 is 14.4 Å². The first kappa shape index (κ1) is 22.3. The molecule has 168 valence electrons. The predicted octanol–water partition coefficient (Wildman–Crippen LogP) is 4.96. The number of hydrogen-bond donors (Lipinski definition) is 0. The molecule has 2 heterocycles. The van der Waals surface area contributed by atoms with Gasteiger partial charge in [0.05, 0.1) is 25.9 Å². The lowest BCUT2D eigenvalue weighted by atomic mass is 9.87. The zero-order chi connectivity index (χ0) is 22.0. The highest BCUT2D eigenvalue weighted by molar-refractivity contribution is 6.30. The van der Waals surface area contributed by atoms with Gasteiger partial charge in [0.2, 0.25) is 0 Å². The van der Waals surface area contributed by atoms with Crippen molar-refractivity contribution in [3.05, 3.63) is 52.5 Å². The molecule has 0 N–H and O–H groups in total. The van der Waals surface area contributed by atoms with Gasteiger partial charge in [0.15, 0.2) is 11.5 Å². The average molecular weight is 445 g/mol. The van der Waals surface area contributed by atoms with Crippen LogP contribution in [0.5, 0.6) is 11.5 Å². The lowest BCUT2D eigenvalue weighted by molar-refractivity contribution is -0.0903. The molecule has 0 bridgehead atoms. The molecule has 6 heteroatoms. The Bertz CT molecular complexity index is 892. The van der Waals surface area contributed by atoms with Gasteiger partial charge < -0.3 is 19.1 Å². The molecule has 0 saturated carbocycles. The third-order valence-corrected chi connectivity index (χ3v) is 6.59. The average Bonchev–Trinajstić information content (AvgIpc) is 2.77. The quantitative estimate of drug-likeness (QED) is 0.628. The fourth-order valence-electron chi connectivity index (χ4n) is 4.73. The molecule has 2 aliphatic heterocycles. The van der Waals surface area contributed by atoms with Gasteiger partial charge in [0, 0.05) is 49.9 Å². The van der Waals surface area contributed by atoms with E-state index in [9.17, 15) is 0 Å². The molecule has 1 unspecified atom stereocenters. The van der Waals surface area contributed by atoms with Crippen LogP contribution in [0.1, 0.15) is 37.5 Å². The van der Waals surface area contributed by atoms with Gasteiger partial charge in [-0.05, 0) is 67.8 Å². The smallest absolute Gasteiger partial charge is 0.161 e. The first-order chi connectivity index (χ1) is 14.9. The van der Waals surface area contributed by atoms with Crippen LogP contribution in [-0.4, -0.2) is 57.4 Å². The van der Waals surface area contributed by atoms with Crippen LogP contribution in [0.2, 0.25) is 5.02 Å². The third kappa shape index (κ3) is 5.11. The van der Waals surface area contributed by atoms with Crippen molar-refractivity contribution in [1.29, 1.82) is 0 Å². The summed E-state index contributed by atoms with van der Waals surface area (Å²) in [5, 5.41) is 0.785. The number of piperazine rings is 1. The lowest BCUT2D eigenvalue weighted by Gasteiger charge is -2.40. The predicted molar refractivity (Wildman–Crippen MR) is 126 cm³/mol. The Labute approximate surface area is 190 Å². The minimum atomic E-state index is -0.190. The van der Waals surface area contributed by atoms with Crippen molar-refractivity contribution in [2.24, 2.45) is 0 Å². The van der Waals surface area contributed by atoms with Crippen LogP contribution in [0.4, 0.5) is 5.69 Å². The Hall–Kier alpha value is -1.95. The van der Waals surface area contributed by atoms with Crippen molar-refractivity contribution in [1.82, 2.24) is 4.90 Å². The summed E-state index contributed by atoms with van der Waals surface area (Å²) in [5.41, 5.74) is 3.59. The Kier molecular flexibility index (Phi) is 6.65. The van der Waals surface area contributed by atoms with E-state index in [-0.39, 0.29) is 11.7 Å². The van der Waals surface area contributed by atoms with Gasteiger partial charge in [-0.1, -0.05) is 11.6 Å². The van der Waals surface area contributed by atoms with Crippen molar-refractivity contribution >= 4 is 17.3 Å². The van der Waals surface area contributed by atoms with Crippen LogP contribution in [0, 0.1) is 0 Å². The summed E-state index contributed by atoms with van der Waals surface area (Å²) in [5.74, 6) is 1.56. The Morgan fingerprint density at radius 2 is 1.65 bits per heavy atom. The standard InChI is InChI=1S/C25H33ClN2O3/c1-25(2)17-18-15-23(29-3)24(30-4)16-21(18)22(31-25)9-10-27-11-13-28(14-12-27)20-7-5-19(26)6-8-20/h5-8,15-16,22H,9-14,17H2,1-4H3. The first-order valence-electron chi connectivity index (χ1n) is 11.0. The van der Waals surface area contributed by atoms with E-state index < -0.39 is 0 Å². The van der Waals surface area contributed by atoms with Crippen LogP contribution in [-0.2, 0) is 11.2 Å². The summed E-state index contributed by atoms with van der Waals surface area (Å²) < 4.78 is 17.6. The first-order valence-corrected chi connectivity index (χ1v) is 11.4. The van der Waals surface area contributed by atoms with Crippen LogP contribution in [0.25, 0.3) is 0 Å². The van der Waals surface area contributed by atoms with Crippen molar-refractivity contribution in [2.75, 3.05) is 51.8 Å². The minimum absolute atomic E-state index is 0.0628. The normalized spacial score (nSPS) is 20.9. The molecule has 2 aromatic rings. The highest BCUT2D eigenvalue weighted by Crippen LogP contribution is 2.42. The van der Waals surface area contributed by atoms with Gasteiger partial charge in [0.25, 0.3) is 0 Å². The van der Waals surface area contributed by atoms with Gasteiger partial charge in [-0.2, -0.15) is 0 Å². The second-order valence-corrected chi connectivity index (χ2v) is 9.48. The maximum Gasteiger partial charge on any atom is 0.161 e. The fraction of sp³-hybridized carbons (Fsp3) is 0.520.